The molecule has 1 N–H and O–H groups in total. The van der Waals surface area contributed by atoms with Gasteiger partial charge in [-0.05, 0) is 42.7 Å². The number of esters is 1. The fourth-order valence-corrected chi connectivity index (χ4v) is 4.34. The zero-order chi connectivity index (χ0) is 19.8. The van der Waals surface area contributed by atoms with Crippen molar-refractivity contribution in [1.29, 1.82) is 0 Å². The van der Waals surface area contributed by atoms with E-state index in [-0.39, 0.29) is 10.8 Å². The molecule has 3 rings (SSSR count). The molecule has 2 aromatic carbocycles. The number of carbonyl (C=O) groups excluding carboxylic acids is 1. The van der Waals surface area contributed by atoms with Crippen LogP contribution >= 0.6 is 11.6 Å². The van der Waals surface area contributed by atoms with Gasteiger partial charge >= 0.3 is 5.97 Å². The highest BCUT2D eigenvalue weighted by Gasteiger charge is 2.27. The van der Waals surface area contributed by atoms with Gasteiger partial charge in [0.05, 0.1) is 12.0 Å². The first-order chi connectivity index (χ1) is 12.7. The van der Waals surface area contributed by atoms with Crippen molar-refractivity contribution < 1.29 is 22.4 Å². The number of benzene rings is 2. The Hall–Kier alpha value is -2.09. The van der Waals surface area contributed by atoms with E-state index in [2.05, 4.69) is 4.72 Å². The first-order valence-corrected chi connectivity index (χ1v) is 10.3. The average Bonchev–Trinajstić information content (AvgIpc) is 2.96. The molecule has 27 heavy (non-hydrogen) atoms. The molecule has 0 saturated carbocycles. The largest absolute Gasteiger partial charge is 0.468 e. The van der Waals surface area contributed by atoms with Crippen molar-refractivity contribution in [3.05, 3.63) is 41.4 Å². The van der Waals surface area contributed by atoms with Crippen molar-refractivity contribution in [2.24, 2.45) is 5.92 Å². The highest BCUT2D eigenvalue weighted by Crippen LogP contribution is 2.32. The second-order valence-corrected chi connectivity index (χ2v) is 8.88. The molecule has 6 nitrogen and oxygen atoms in total. The van der Waals surface area contributed by atoms with Crippen LogP contribution in [0.3, 0.4) is 0 Å². The second kappa shape index (κ2) is 7.50. The number of ether oxygens (including phenoxy) is 1. The zero-order valence-corrected chi connectivity index (χ0v) is 16.7. The van der Waals surface area contributed by atoms with Gasteiger partial charge in [-0.15, -0.1) is 0 Å². The van der Waals surface area contributed by atoms with Gasteiger partial charge in [0.15, 0.2) is 0 Å². The fraction of sp³-hybridized carbons (Fsp3) is 0.316. The van der Waals surface area contributed by atoms with Gasteiger partial charge in [-0.25, -0.2) is 8.42 Å². The predicted molar refractivity (Wildman–Crippen MR) is 104 cm³/mol. The Morgan fingerprint density at radius 2 is 1.89 bits per heavy atom. The van der Waals surface area contributed by atoms with Crippen molar-refractivity contribution >= 4 is 49.5 Å². The van der Waals surface area contributed by atoms with E-state index >= 15 is 0 Å². The molecule has 0 aliphatic heterocycles. The normalized spacial score (nSPS) is 13.4. The molecule has 0 aliphatic rings. The van der Waals surface area contributed by atoms with Gasteiger partial charge < -0.3 is 9.15 Å². The number of nitrogens with one attached hydrogen (secondary N) is 1. The molecule has 0 saturated heterocycles. The van der Waals surface area contributed by atoms with Gasteiger partial charge in [-0.2, -0.15) is 4.72 Å². The Kier molecular flexibility index (Phi) is 5.46. The molecular formula is C19H20ClNO5S. The van der Waals surface area contributed by atoms with Crippen molar-refractivity contribution in [3.63, 3.8) is 0 Å². The smallest absolute Gasteiger partial charge is 0.323 e. The van der Waals surface area contributed by atoms with E-state index in [1.165, 1.54) is 19.2 Å². The summed E-state index contributed by atoms with van der Waals surface area (Å²) in [7, 11) is -2.69. The van der Waals surface area contributed by atoms with Crippen molar-refractivity contribution in [3.8, 4) is 0 Å². The summed E-state index contributed by atoms with van der Waals surface area (Å²) in [5.41, 5.74) is 1.13. The molecule has 1 aromatic heterocycles. The van der Waals surface area contributed by atoms with Crippen LogP contribution in [0.5, 0.6) is 0 Å². The number of rotatable bonds is 6. The Balaban J connectivity index is 2.01. The van der Waals surface area contributed by atoms with E-state index in [9.17, 15) is 13.2 Å². The van der Waals surface area contributed by atoms with Crippen LogP contribution in [0.1, 0.15) is 20.3 Å². The number of sulfonamides is 1. The lowest BCUT2D eigenvalue weighted by atomic mass is 10.1. The molecule has 0 aliphatic carbocycles. The monoisotopic (exact) mass is 409 g/mol. The van der Waals surface area contributed by atoms with Gasteiger partial charge in [0.1, 0.15) is 17.2 Å². The summed E-state index contributed by atoms with van der Waals surface area (Å²) in [6.07, 6.45) is 0.335. The molecule has 0 unspecified atom stereocenters. The molecule has 0 fully saturated rings. The quantitative estimate of drug-likeness (QED) is 0.619. The number of furan rings is 1. The summed E-state index contributed by atoms with van der Waals surface area (Å²) in [5, 5.41) is 1.95. The summed E-state index contributed by atoms with van der Waals surface area (Å²) in [6, 6.07) is 8.79. The molecular weight excluding hydrogens is 390 g/mol. The summed E-state index contributed by atoms with van der Waals surface area (Å²) in [5.74, 6) is -0.501. The van der Waals surface area contributed by atoms with Crippen LogP contribution in [0.4, 0.5) is 0 Å². The lowest BCUT2D eigenvalue weighted by Gasteiger charge is -2.18. The third-order valence-electron chi connectivity index (χ3n) is 4.21. The van der Waals surface area contributed by atoms with Crippen LogP contribution in [-0.2, 0) is 19.6 Å². The predicted octanol–water partition coefficient (Wildman–Crippen LogP) is 4.11. The van der Waals surface area contributed by atoms with Gasteiger partial charge in [0.2, 0.25) is 10.0 Å². The van der Waals surface area contributed by atoms with Crippen molar-refractivity contribution in [2.75, 3.05) is 7.11 Å². The van der Waals surface area contributed by atoms with Crippen LogP contribution in [0.2, 0.25) is 5.02 Å². The molecule has 0 bridgehead atoms. The van der Waals surface area contributed by atoms with E-state index in [1.807, 2.05) is 13.8 Å². The minimum Gasteiger partial charge on any atom is -0.468 e. The Bertz CT molecular complexity index is 1100. The minimum absolute atomic E-state index is 0.0466. The lowest BCUT2D eigenvalue weighted by molar-refractivity contribution is -0.143. The highest BCUT2D eigenvalue weighted by atomic mass is 35.5. The standard InChI is InChI=1S/C19H20ClNO5S/c1-11(2)8-16(19(22)25-3)21-27(23,24)13-5-7-17-15(10-13)14-6-4-12(20)9-18(14)26-17/h4-7,9-11,16,21H,8H2,1-3H3/t16-/m0/s1. The zero-order valence-electron chi connectivity index (χ0n) is 15.2. The van der Waals surface area contributed by atoms with Crippen LogP contribution in [0.25, 0.3) is 21.9 Å². The molecule has 0 amide bonds. The number of fused-ring (bicyclic) bond motifs is 3. The van der Waals surface area contributed by atoms with E-state index in [0.717, 1.165) is 5.39 Å². The molecule has 0 radical (unpaired) electrons. The number of hydrogen-bond acceptors (Lipinski definition) is 5. The number of halogens is 1. The van der Waals surface area contributed by atoms with E-state index in [4.69, 9.17) is 20.8 Å². The number of carbonyl (C=O) groups is 1. The van der Waals surface area contributed by atoms with E-state index in [0.29, 0.717) is 28.0 Å². The molecule has 0 spiro atoms. The fourth-order valence-electron chi connectivity index (χ4n) is 2.96. The van der Waals surface area contributed by atoms with Crippen LogP contribution < -0.4 is 4.72 Å². The summed E-state index contributed by atoms with van der Waals surface area (Å²) in [6.45, 7) is 3.80. The van der Waals surface area contributed by atoms with Gasteiger partial charge in [-0.1, -0.05) is 25.4 Å². The van der Waals surface area contributed by atoms with Gasteiger partial charge in [-0.3, -0.25) is 4.79 Å². The highest BCUT2D eigenvalue weighted by molar-refractivity contribution is 7.89. The summed E-state index contributed by atoms with van der Waals surface area (Å²) < 4.78 is 38.6. The molecule has 144 valence electrons. The van der Waals surface area contributed by atoms with Crippen LogP contribution in [-0.4, -0.2) is 27.5 Å². The maximum absolute atomic E-state index is 12.8. The molecule has 1 atom stereocenters. The van der Waals surface area contributed by atoms with Crippen LogP contribution in [0.15, 0.2) is 45.7 Å². The molecule has 8 heteroatoms. The Labute approximate surface area is 162 Å². The minimum atomic E-state index is -3.92. The van der Waals surface area contributed by atoms with Crippen LogP contribution in [0, 0.1) is 5.92 Å². The topological polar surface area (TPSA) is 85.6 Å². The first kappa shape index (κ1) is 19.7. The molecule has 1 heterocycles. The summed E-state index contributed by atoms with van der Waals surface area (Å²) in [4.78, 5) is 12.0. The second-order valence-electron chi connectivity index (χ2n) is 6.73. The average molecular weight is 410 g/mol. The van der Waals surface area contributed by atoms with E-state index < -0.39 is 22.0 Å². The van der Waals surface area contributed by atoms with Gasteiger partial charge in [0.25, 0.3) is 0 Å². The van der Waals surface area contributed by atoms with Gasteiger partial charge in [0, 0.05) is 21.9 Å². The Morgan fingerprint density at radius 3 is 2.56 bits per heavy atom. The van der Waals surface area contributed by atoms with Crippen molar-refractivity contribution in [1.82, 2.24) is 4.72 Å². The number of methoxy groups -OCH3 is 1. The Morgan fingerprint density at radius 1 is 1.15 bits per heavy atom. The lowest BCUT2D eigenvalue weighted by Crippen LogP contribution is -2.42. The maximum Gasteiger partial charge on any atom is 0.323 e. The molecule has 3 aromatic rings. The maximum atomic E-state index is 12.8. The number of hydrogen-bond donors (Lipinski definition) is 1. The third kappa shape index (κ3) is 4.10. The van der Waals surface area contributed by atoms with E-state index in [1.54, 1.807) is 24.3 Å². The van der Waals surface area contributed by atoms with Crippen molar-refractivity contribution in [2.45, 2.75) is 31.2 Å². The summed E-state index contributed by atoms with van der Waals surface area (Å²) >= 11 is 5.98. The SMILES string of the molecule is COC(=O)[C@H](CC(C)C)NS(=O)(=O)c1ccc2oc3cc(Cl)ccc3c2c1. The first-order valence-electron chi connectivity index (χ1n) is 8.43. The third-order valence-corrected chi connectivity index (χ3v) is 5.91.